The van der Waals surface area contributed by atoms with Crippen molar-refractivity contribution in [2.24, 2.45) is 0 Å². The van der Waals surface area contributed by atoms with Gasteiger partial charge in [0.05, 0.1) is 17.8 Å². The predicted octanol–water partition coefficient (Wildman–Crippen LogP) is 3.09. The van der Waals surface area contributed by atoms with E-state index < -0.39 is 0 Å². The lowest BCUT2D eigenvalue weighted by molar-refractivity contribution is 0.0378. The van der Waals surface area contributed by atoms with Gasteiger partial charge in [0.1, 0.15) is 0 Å². The van der Waals surface area contributed by atoms with E-state index in [1.807, 2.05) is 32.9 Å². The molecule has 106 valence electrons. The molecule has 1 aromatic carbocycles. The van der Waals surface area contributed by atoms with Crippen LogP contribution in [0.3, 0.4) is 0 Å². The molecule has 0 radical (unpaired) electrons. The minimum absolute atomic E-state index is 0.104. The third-order valence-electron chi connectivity index (χ3n) is 2.93. The van der Waals surface area contributed by atoms with Crippen LogP contribution in [0.4, 0.5) is 5.69 Å². The van der Waals surface area contributed by atoms with Crippen molar-refractivity contribution in [1.82, 2.24) is 0 Å². The van der Waals surface area contributed by atoms with Gasteiger partial charge in [-0.3, -0.25) is 0 Å². The van der Waals surface area contributed by atoms with Crippen molar-refractivity contribution in [1.29, 1.82) is 0 Å². The quantitative estimate of drug-likeness (QED) is 0.803. The highest BCUT2D eigenvalue weighted by Crippen LogP contribution is 2.13. The van der Waals surface area contributed by atoms with Gasteiger partial charge in [-0.25, -0.2) is 4.79 Å². The Morgan fingerprint density at radius 3 is 2.16 bits per heavy atom. The van der Waals surface area contributed by atoms with E-state index in [-0.39, 0.29) is 24.2 Å². The molecule has 4 nitrogen and oxygen atoms in total. The number of nitrogens with one attached hydrogen (secondary N) is 1. The summed E-state index contributed by atoms with van der Waals surface area (Å²) in [4.78, 5) is 11.7. The standard InChI is InChI=1S/C15H23NO3/c1-10(2)19-15(17)13-6-8-14(9-7-13)16-11(3)12(4)18-5/h6-12,16H,1-5H3. The molecule has 0 aliphatic heterocycles. The van der Waals surface area contributed by atoms with Crippen LogP contribution in [-0.2, 0) is 9.47 Å². The SMILES string of the molecule is COC(C)C(C)Nc1ccc(C(=O)OC(C)C)cc1. The Morgan fingerprint density at radius 2 is 1.68 bits per heavy atom. The van der Waals surface area contributed by atoms with Crippen LogP contribution in [-0.4, -0.2) is 31.3 Å². The number of esters is 1. The van der Waals surface area contributed by atoms with Gasteiger partial charge in [0.15, 0.2) is 0 Å². The lowest BCUT2D eigenvalue weighted by Crippen LogP contribution is -2.29. The zero-order chi connectivity index (χ0) is 14.4. The van der Waals surface area contributed by atoms with Gasteiger partial charge in [0.25, 0.3) is 0 Å². The van der Waals surface area contributed by atoms with E-state index >= 15 is 0 Å². The number of methoxy groups -OCH3 is 1. The molecule has 1 aromatic rings. The van der Waals surface area contributed by atoms with Crippen LogP contribution < -0.4 is 5.32 Å². The fourth-order valence-electron chi connectivity index (χ4n) is 1.57. The molecule has 1 rings (SSSR count). The molecule has 0 saturated carbocycles. The summed E-state index contributed by atoms with van der Waals surface area (Å²) in [7, 11) is 1.69. The molecule has 2 unspecified atom stereocenters. The number of benzene rings is 1. The first-order valence-electron chi connectivity index (χ1n) is 6.54. The fourth-order valence-corrected chi connectivity index (χ4v) is 1.57. The summed E-state index contributed by atoms with van der Waals surface area (Å²) < 4.78 is 10.4. The molecule has 0 aliphatic carbocycles. The second-order valence-corrected chi connectivity index (χ2v) is 4.91. The van der Waals surface area contributed by atoms with Gasteiger partial charge in [0.2, 0.25) is 0 Å². The molecule has 0 bridgehead atoms. The fraction of sp³-hybridized carbons (Fsp3) is 0.533. The van der Waals surface area contributed by atoms with Gasteiger partial charge >= 0.3 is 5.97 Å². The number of hydrogen-bond donors (Lipinski definition) is 1. The molecule has 0 amide bonds. The summed E-state index contributed by atoms with van der Waals surface area (Å²) in [5.74, 6) is -0.292. The molecular weight excluding hydrogens is 242 g/mol. The van der Waals surface area contributed by atoms with Gasteiger partial charge in [-0.15, -0.1) is 0 Å². The lowest BCUT2D eigenvalue weighted by Gasteiger charge is -2.21. The summed E-state index contributed by atoms with van der Waals surface area (Å²) in [6, 6.07) is 7.46. The van der Waals surface area contributed by atoms with Gasteiger partial charge in [-0.05, 0) is 52.0 Å². The van der Waals surface area contributed by atoms with Crippen LogP contribution in [0.2, 0.25) is 0 Å². The van der Waals surface area contributed by atoms with Crippen molar-refractivity contribution in [3.63, 3.8) is 0 Å². The van der Waals surface area contributed by atoms with Crippen molar-refractivity contribution in [2.75, 3.05) is 12.4 Å². The average Bonchev–Trinajstić information content (AvgIpc) is 2.37. The minimum Gasteiger partial charge on any atom is -0.459 e. The lowest BCUT2D eigenvalue weighted by atomic mass is 10.1. The monoisotopic (exact) mass is 265 g/mol. The number of rotatable bonds is 6. The molecule has 2 atom stereocenters. The number of ether oxygens (including phenoxy) is 2. The second kappa shape index (κ2) is 7.14. The van der Waals surface area contributed by atoms with E-state index in [1.54, 1.807) is 19.2 Å². The molecule has 0 aromatic heterocycles. The van der Waals surface area contributed by atoms with Crippen LogP contribution in [0, 0.1) is 0 Å². The van der Waals surface area contributed by atoms with E-state index in [1.165, 1.54) is 0 Å². The first-order chi connectivity index (χ1) is 8.93. The normalized spacial score (nSPS) is 14.0. The topological polar surface area (TPSA) is 47.6 Å². The van der Waals surface area contributed by atoms with Crippen molar-refractivity contribution in [3.05, 3.63) is 29.8 Å². The number of carbonyl (C=O) groups excluding carboxylic acids is 1. The maximum Gasteiger partial charge on any atom is 0.338 e. The van der Waals surface area contributed by atoms with Crippen molar-refractivity contribution in [3.8, 4) is 0 Å². The van der Waals surface area contributed by atoms with Crippen molar-refractivity contribution >= 4 is 11.7 Å². The van der Waals surface area contributed by atoms with Crippen LogP contribution >= 0.6 is 0 Å². The molecule has 0 fully saturated rings. The third-order valence-corrected chi connectivity index (χ3v) is 2.93. The van der Waals surface area contributed by atoms with Gasteiger partial charge in [-0.2, -0.15) is 0 Å². The summed E-state index contributed by atoms with van der Waals surface area (Å²) in [5, 5.41) is 3.32. The van der Waals surface area contributed by atoms with Crippen LogP contribution in [0.25, 0.3) is 0 Å². The minimum atomic E-state index is -0.292. The van der Waals surface area contributed by atoms with E-state index in [2.05, 4.69) is 12.2 Å². The smallest absolute Gasteiger partial charge is 0.338 e. The van der Waals surface area contributed by atoms with Crippen molar-refractivity contribution in [2.45, 2.75) is 45.9 Å². The van der Waals surface area contributed by atoms with E-state index in [4.69, 9.17) is 9.47 Å². The van der Waals surface area contributed by atoms with E-state index in [9.17, 15) is 4.79 Å². The Labute approximate surface area is 115 Å². The zero-order valence-electron chi connectivity index (χ0n) is 12.3. The average molecular weight is 265 g/mol. The highest BCUT2D eigenvalue weighted by Gasteiger charge is 2.12. The van der Waals surface area contributed by atoms with Gasteiger partial charge in [0, 0.05) is 18.8 Å². The molecule has 0 spiro atoms. The largest absolute Gasteiger partial charge is 0.459 e. The Balaban J connectivity index is 2.64. The van der Waals surface area contributed by atoms with E-state index in [0.717, 1.165) is 5.69 Å². The third kappa shape index (κ3) is 4.91. The molecule has 1 N–H and O–H groups in total. The maximum absolute atomic E-state index is 11.7. The predicted molar refractivity (Wildman–Crippen MR) is 76.5 cm³/mol. The first kappa shape index (κ1) is 15.5. The zero-order valence-corrected chi connectivity index (χ0v) is 12.3. The number of anilines is 1. The molecule has 0 saturated heterocycles. The number of carbonyl (C=O) groups is 1. The maximum atomic E-state index is 11.7. The highest BCUT2D eigenvalue weighted by molar-refractivity contribution is 5.89. The van der Waals surface area contributed by atoms with Crippen LogP contribution in [0.1, 0.15) is 38.1 Å². The summed E-state index contributed by atoms with van der Waals surface area (Å²) >= 11 is 0. The second-order valence-electron chi connectivity index (χ2n) is 4.91. The van der Waals surface area contributed by atoms with Crippen LogP contribution in [0.15, 0.2) is 24.3 Å². The summed E-state index contributed by atoms with van der Waals surface area (Å²) in [5.41, 5.74) is 1.52. The Bertz CT molecular complexity index is 400. The summed E-state index contributed by atoms with van der Waals surface area (Å²) in [6.45, 7) is 7.73. The molecule has 0 aliphatic rings. The Hall–Kier alpha value is -1.55. The molecule has 19 heavy (non-hydrogen) atoms. The number of hydrogen-bond acceptors (Lipinski definition) is 4. The Kier molecular flexibility index (Phi) is 5.83. The van der Waals surface area contributed by atoms with Gasteiger partial charge < -0.3 is 14.8 Å². The van der Waals surface area contributed by atoms with E-state index in [0.29, 0.717) is 5.56 Å². The first-order valence-corrected chi connectivity index (χ1v) is 6.54. The molecular formula is C15H23NO3. The van der Waals surface area contributed by atoms with Crippen molar-refractivity contribution < 1.29 is 14.3 Å². The Morgan fingerprint density at radius 1 is 1.11 bits per heavy atom. The molecule has 4 heteroatoms. The molecule has 0 heterocycles. The highest BCUT2D eigenvalue weighted by atomic mass is 16.5. The summed E-state index contributed by atoms with van der Waals surface area (Å²) in [6.07, 6.45) is 0.0125. The van der Waals surface area contributed by atoms with Crippen LogP contribution in [0.5, 0.6) is 0 Å². The van der Waals surface area contributed by atoms with Gasteiger partial charge in [-0.1, -0.05) is 0 Å².